The molecule has 0 saturated heterocycles. The van der Waals surface area contributed by atoms with Gasteiger partial charge in [-0.1, -0.05) is 18.2 Å². The molecule has 0 amide bonds. The summed E-state index contributed by atoms with van der Waals surface area (Å²) in [6.07, 6.45) is -2.03. The molecule has 27 heavy (non-hydrogen) atoms. The van der Waals surface area contributed by atoms with E-state index < -0.39 is 11.9 Å². The minimum Gasteiger partial charge on any atom is -0.362 e. The molecule has 3 rings (SSSR count). The summed E-state index contributed by atoms with van der Waals surface area (Å²) >= 11 is 8.38. The number of hydrogen-bond acceptors (Lipinski definition) is 2. The van der Waals surface area contributed by atoms with Gasteiger partial charge in [0.15, 0.2) is 10.8 Å². The second kappa shape index (κ2) is 8.18. The maximum Gasteiger partial charge on any atom is 0.436 e. The highest BCUT2D eigenvalue weighted by molar-refractivity contribution is 9.10. The lowest BCUT2D eigenvalue weighted by Crippen LogP contribution is -2.30. The molecule has 1 heterocycles. The molecule has 0 radical (unpaired) electrons. The van der Waals surface area contributed by atoms with Crippen LogP contribution in [-0.2, 0) is 12.7 Å². The van der Waals surface area contributed by atoms with Gasteiger partial charge in [-0.2, -0.15) is 18.3 Å². The van der Waals surface area contributed by atoms with E-state index >= 15 is 0 Å². The number of halogens is 4. The molecule has 0 atom stereocenters. The normalized spacial score (nSPS) is 14.3. The zero-order chi connectivity index (χ0) is 19.6. The third-order valence-electron chi connectivity index (χ3n) is 4.39. The Morgan fingerprint density at radius 3 is 2.67 bits per heavy atom. The number of nitrogens with one attached hydrogen (secondary N) is 2. The number of rotatable bonds is 6. The molecular formula is C18H20BrF3N4S. The fourth-order valence-electron chi connectivity index (χ4n) is 2.86. The molecule has 0 aliphatic heterocycles. The third-order valence-corrected chi connectivity index (χ3v) is 5.42. The third kappa shape index (κ3) is 5.01. The minimum absolute atomic E-state index is 0.0854. The number of benzene rings is 1. The molecule has 1 fully saturated rings. The number of thiocarbonyl (C=S) groups is 1. The average molecular weight is 461 g/mol. The van der Waals surface area contributed by atoms with Crippen LogP contribution in [0, 0.1) is 6.92 Å². The highest BCUT2D eigenvalue weighted by atomic mass is 79.9. The Balaban J connectivity index is 1.55. The summed E-state index contributed by atoms with van der Waals surface area (Å²) in [6.45, 7) is 2.93. The maximum atomic E-state index is 13.1. The second-order valence-electron chi connectivity index (χ2n) is 6.59. The van der Waals surface area contributed by atoms with E-state index in [1.165, 1.54) is 4.68 Å². The van der Waals surface area contributed by atoms with Gasteiger partial charge in [-0.05, 0) is 66.0 Å². The Bertz CT molecular complexity index is 830. The van der Waals surface area contributed by atoms with Gasteiger partial charge in [0, 0.05) is 24.7 Å². The van der Waals surface area contributed by atoms with E-state index in [1.54, 1.807) is 0 Å². The molecule has 0 bridgehead atoms. The van der Waals surface area contributed by atoms with E-state index in [-0.39, 0.29) is 10.4 Å². The fourth-order valence-corrected chi connectivity index (χ4v) is 3.91. The SMILES string of the molecule is Cc1ccccc1NC(=S)NCCCn1nc(C(F)(F)F)c(Br)c1C1CC1. The average Bonchev–Trinajstić information content (AvgIpc) is 3.36. The first-order valence-corrected chi connectivity index (χ1v) is 9.91. The molecule has 1 aromatic heterocycles. The van der Waals surface area contributed by atoms with Crippen molar-refractivity contribution in [2.45, 2.75) is 44.8 Å². The van der Waals surface area contributed by atoms with Gasteiger partial charge in [-0.3, -0.25) is 4.68 Å². The van der Waals surface area contributed by atoms with Gasteiger partial charge in [-0.15, -0.1) is 0 Å². The van der Waals surface area contributed by atoms with Crippen LogP contribution in [-0.4, -0.2) is 21.4 Å². The number of nitrogens with zero attached hydrogens (tertiary/aromatic N) is 2. The lowest BCUT2D eigenvalue weighted by atomic mass is 10.2. The number of aromatic nitrogens is 2. The van der Waals surface area contributed by atoms with Crippen molar-refractivity contribution in [2.24, 2.45) is 0 Å². The summed E-state index contributed by atoms with van der Waals surface area (Å²) in [5.41, 5.74) is 1.82. The van der Waals surface area contributed by atoms with Gasteiger partial charge >= 0.3 is 6.18 Å². The number of anilines is 1. The molecule has 9 heteroatoms. The summed E-state index contributed by atoms with van der Waals surface area (Å²) in [7, 11) is 0. The molecule has 1 aromatic carbocycles. The smallest absolute Gasteiger partial charge is 0.362 e. The summed E-state index contributed by atoms with van der Waals surface area (Å²) in [5, 5.41) is 10.5. The Labute approximate surface area is 169 Å². The summed E-state index contributed by atoms with van der Waals surface area (Å²) in [5.74, 6) is 0.166. The van der Waals surface area contributed by atoms with Crippen molar-refractivity contribution >= 4 is 38.9 Å². The monoisotopic (exact) mass is 460 g/mol. The van der Waals surface area contributed by atoms with E-state index in [9.17, 15) is 13.2 Å². The zero-order valence-corrected chi connectivity index (χ0v) is 17.1. The van der Waals surface area contributed by atoms with Crippen molar-refractivity contribution in [3.05, 3.63) is 45.7 Å². The van der Waals surface area contributed by atoms with Crippen LogP contribution in [0.1, 0.15) is 42.1 Å². The molecule has 1 aliphatic carbocycles. The lowest BCUT2D eigenvalue weighted by molar-refractivity contribution is -0.142. The van der Waals surface area contributed by atoms with Gasteiger partial charge in [-0.25, -0.2) is 0 Å². The Morgan fingerprint density at radius 1 is 1.33 bits per heavy atom. The quantitative estimate of drug-likeness (QED) is 0.457. The molecule has 1 aliphatic rings. The molecule has 0 spiro atoms. The Hall–Kier alpha value is -1.61. The molecule has 2 aromatic rings. The molecule has 0 unspecified atom stereocenters. The van der Waals surface area contributed by atoms with Crippen molar-refractivity contribution in [1.29, 1.82) is 0 Å². The molecule has 1 saturated carbocycles. The number of alkyl halides is 3. The van der Waals surface area contributed by atoms with Crippen LogP contribution >= 0.6 is 28.1 Å². The fraction of sp³-hybridized carbons (Fsp3) is 0.444. The predicted octanol–water partition coefficient (Wildman–Crippen LogP) is 5.23. The van der Waals surface area contributed by atoms with Crippen LogP contribution in [0.15, 0.2) is 28.7 Å². The number of hydrogen-bond donors (Lipinski definition) is 2. The van der Waals surface area contributed by atoms with Gasteiger partial charge in [0.25, 0.3) is 0 Å². The van der Waals surface area contributed by atoms with E-state index in [0.29, 0.717) is 30.3 Å². The summed E-state index contributed by atoms with van der Waals surface area (Å²) in [4.78, 5) is 0. The van der Waals surface area contributed by atoms with Gasteiger partial charge in [0.05, 0.1) is 10.2 Å². The van der Waals surface area contributed by atoms with E-state index in [0.717, 1.165) is 24.1 Å². The molecule has 2 N–H and O–H groups in total. The van der Waals surface area contributed by atoms with Crippen LogP contribution in [0.3, 0.4) is 0 Å². The van der Waals surface area contributed by atoms with E-state index in [1.807, 2.05) is 31.2 Å². The van der Waals surface area contributed by atoms with Crippen LogP contribution in [0.4, 0.5) is 18.9 Å². The molecular weight excluding hydrogens is 441 g/mol. The number of aryl methyl sites for hydroxylation is 2. The van der Waals surface area contributed by atoms with Crippen LogP contribution in [0.2, 0.25) is 0 Å². The standard InChI is InChI=1S/C18H20BrF3N4S/c1-11-5-2-3-6-13(11)24-17(27)23-9-4-10-26-15(12-7-8-12)14(19)16(25-26)18(20,21)22/h2-3,5-6,12H,4,7-10H2,1H3,(H2,23,24,27). The van der Waals surface area contributed by atoms with Crippen LogP contribution in [0.5, 0.6) is 0 Å². The van der Waals surface area contributed by atoms with Gasteiger partial charge in [0.1, 0.15) is 0 Å². The Kier molecular flexibility index (Phi) is 6.10. The minimum atomic E-state index is -4.45. The maximum absolute atomic E-state index is 13.1. The van der Waals surface area contributed by atoms with Crippen molar-refractivity contribution in [2.75, 3.05) is 11.9 Å². The van der Waals surface area contributed by atoms with Crippen molar-refractivity contribution < 1.29 is 13.2 Å². The van der Waals surface area contributed by atoms with Crippen molar-refractivity contribution in [3.63, 3.8) is 0 Å². The van der Waals surface area contributed by atoms with Gasteiger partial charge in [0.2, 0.25) is 0 Å². The molecule has 146 valence electrons. The molecule has 4 nitrogen and oxygen atoms in total. The Morgan fingerprint density at radius 2 is 2.04 bits per heavy atom. The second-order valence-corrected chi connectivity index (χ2v) is 7.79. The van der Waals surface area contributed by atoms with Crippen LogP contribution < -0.4 is 10.6 Å². The predicted molar refractivity (Wildman–Crippen MR) is 107 cm³/mol. The van der Waals surface area contributed by atoms with E-state index in [2.05, 4.69) is 31.7 Å². The number of para-hydroxylation sites is 1. The largest absolute Gasteiger partial charge is 0.436 e. The highest BCUT2D eigenvalue weighted by Crippen LogP contribution is 2.46. The lowest BCUT2D eigenvalue weighted by Gasteiger charge is -2.13. The van der Waals surface area contributed by atoms with Gasteiger partial charge < -0.3 is 10.6 Å². The first-order chi connectivity index (χ1) is 12.8. The van der Waals surface area contributed by atoms with Crippen molar-refractivity contribution in [3.8, 4) is 0 Å². The zero-order valence-electron chi connectivity index (χ0n) is 14.7. The first-order valence-electron chi connectivity index (χ1n) is 8.71. The summed E-state index contributed by atoms with van der Waals surface area (Å²) in [6, 6.07) is 7.79. The topological polar surface area (TPSA) is 41.9 Å². The first kappa shape index (κ1) is 20.1. The van der Waals surface area contributed by atoms with E-state index in [4.69, 9.17) is 12.2 Å². The van der Waals surface area contributed by atoms with Crippen molar-refractivity contribution in [1.82, 2.24) is 15.1 Å². The summed E-state index contributed by atoms with van der Waals surface area (Å²) < 4.78 is 40.9. The van der Waals surface area contributed by atoms with Crippen LogP contribution in [0.25, 0.3) is 0 Å². The highest BCUT2D eigenvalue weighted by Gasteiger charge is 2.41.